The van der Waals surface area contributed by atoms with E-state index in [1.807, 2.05) is 25.7 Å². The van der Waals surface area contributed by atoms with Crippen LogP contribution in [0.25, 0.3) is 11.0 Å². The minimum atomic E-state index is -0.529. The van der Waals surface area contributed by atoms with Crippen molar-refractivity contribution in [2.24, 2.45) is 0 Å². The molecule has 2 unspecified atom stereocenters. The molecular formula is C37H46N6O2. The number of imidazole rings is 1. The fourth-order valence-corrected chi connectivity index (χ4v) is 7.27. The van der Waals surface area contributed by atoms with Gasteiger partial charge in [-0.2, -0.15) is 0 Å². The lowest BCUT2D eigenvalue weighted by atomic mass is 9.87. The lowest BCUT2D eigenvalue weighted by Crippen LogP contribution is -2.36. The summed E-state index contributed by atoms with van der Waals surface area (Å²) in [5, 5.41) is 6.89. The van der Waals surface area contributed by atoms with Crippen molar-refractivity contribution in [2.45, 2.75) is 96.4 Å². The molecule has 4 heterocycles. The second kappa shape index (κ2) is 11.0. The number of benzene rings is 3. The van der Waals surface area contributed by atoms with Crippen LogP contribution in [-0.4, -0.2) is 39.8 Å². The normalized spacial score (nSPS) is 21.6. The highest BCUT2D eigenvalue weighted by Gasteiger charge is 2.37. The number of ether oxygens (including phenoxy) is 1. The number of nitrogens with zero attached hydrogens (tertiary/aromatic N) is 3. The summed E-state index contributed by atoms with van der Waals surface area (Å²) in [6, 6.07) is 23.0. The highest BCUT2D eigenvalue weighted by molar-refractivity contribution is 5.77. The number of anilines is 3. The van der Waals surface area contributed by atoms with Crippen molar-refractivity contribution in [2.75, 3.05) is 28.7 Å². The van der Waals surface area contributed by atoms with Crippen LogP contribution < -0.4 is 15.5 Å². The third-order valence-corrected chi connectivity index (χ3v) is 9.51. The first-order valence-electron chi connectivity index (χ1n) is 16.4. The first-order valence-corrected chi connectivity index (χ1v) is 16.4. The molecule has 2 saturated heterocycles. The summed E-state index contributed by atoms with van der Waals surface area (Å²) in [5.41, 5.74) is 9.05. The first kappa shape index (κ1) is 29.5. The van der Waals surface area contributed by atoms with Gasteiger partial charge < -0.3 is 25.3 Å². The van der Waals surface area contributed by atoms with Gasteiger partial charge in [-0.3, -0.25) is 4.90 Å². The molecule has 8 nitrogen and oxygen atoms in total. The minimum Gasteiger partial charge on any atom is -0.444 e. The quantitative estimate of drug-likeness (QED) is 0.215. The molecular weight excluding hydrogens is 560 g/mol. The van der Waals surface area contributed by atoms with E-state index < -0.39 is 5.60 Å². The zero-order valence-electron chi connectivity index (χ0n) is 27.4. The van der Waals surface area contributed by atoms with Crippen LogP contribution in [0, 0.1) is 0 Å². The zero-order valence-corrected chi connectivity index (χ0v) is 27.4. The van der Waals surface area contributed by atoms with E-state index in [9.17, 15) is 4.79 Å². The van der Waals surface area contributed by atoms with E-state index in [0.717, 1.165) is 49.2 Å². The van der Waals surface area contributed by atoms with Crippen molar-refractivity contribution >= 4 is 34.2 Å². The Morgan fingerprint density at radius 1 is 0.822 bits per heavy atom. The molecule has 3 atom stereocenters. The topological polar surface area (TPSA) is 85.5 Å². The van der Waals surface area contributed by atoms with E-state index in [0.29, 0.717) is 6.54 Å². The number of hydrogen-bond acceptors (Lipinski definition) is 6. The molecule has 8 heteroatoms. The van der Waals surface area contributed by atoms with Crippen LogP contribution in [0.3, 0.4) is 0 Å². The third kappa shape index (κ3) is 5.71. The van der Waals surface area contributed by atoms with Crippen molar-refractivity contribution in [3.63, 3.8) is 0 Å². The second-order valence-electron chi connectivity index (χ2n) is 14.9. The standard InChI is InChI=1S/C37H46N6O2/c1-36(2,3)25-11-13-26(14-12-25)43-31(23-9-15-27-29(20-23)39-22-38-27)17-18-32(43)24-10-16-28-30(21-24)41-34(40-28)33-8-7-19-42(33)35(44)45-37(4,5)6/h9-16,20-21,31-33,38-39H,7-8,17-19,22H2,1-6H3,(H,40,41)/t31?,32?,33-/m0/s1. The summed E-state index contributed by atoms with van der Waals surface area (Å²) < 4.78 is 5.72. The molecule has 0 saturated carbocycles. The summed E-state index contributed by atoms with van der Waals surface area (Å²) in [6.07, 6.45) is 3.66. The number of carbonyl (C=O) groups is 1. The van der Waals surface area contributed by atoms with Gasteiger partial charge in [-0.25, -0.2) is 9.78 Å². The molecule has 0 bridgehead atoms. The molecule has 3 N–H and O–H groups in total. The maximum atomic E-state index is 13.0. The Kier molecular flexibility index (Phi) is 7.21. The van der Waals surface area contributed by atoms with Gasteiger partial charge in [0.1, 0.15) is 11.4 Å². The van der Waals surface area contributed by atoms with E-state index in [-0.39, 0.29) is 29.6 Å². The maximum Gasteiger partial charge on any atom is 0.410 e. The Morgan fingerprint density at radius 3 is 2.22 bits per heavy atom. The number of H-pyrrole nitrogens is 1. The molecule has 3 aliphatic heterocycles. The molecule has 7 rings (SSSR count). The van der Waals surface area contributed by atoms with E-state index in [1.54, 1.807) is 0 Å². The molecule has 1 aromatic heterocycles. The minimum absolute atomic E-state index is 0.0999. The average Bonchev–Trinajstić information content (AvgIpc) is 3.80. The Labute approximate surface area is 266 Å². The number of fused-ring (bicyclic) bond motifs is 2. The van der Waals surface area contributed by atoms with Crippen LogP contribution in [0.1, 0.15) is 108 Å². The maximum absolute atomic E-state index is 13.0. The number of amides is 1. The average molecular weight is 607 g/mol. The summed E-state index contributed by atoms with van der Waals surface area (Å²) in [4.78, 5) is 26.0. The fraction of sp³-hybridized carbons (Fsp3) is 0.459. The number of aromatic amines is 1. The summed E-state index contributed by atoms with van der Waals surface area (Å²) in [6.45, 7) is 14.0. The van der Waals surface area contributed by atoms with Gasteiger partial charge >= 0.3 is 6.09 Å². The van der Waals surface area contributed by atoms with Gasteiger partial charge in [0.25, 0.3) is 0 Å². The van der Waals surface area contributed by atoms with Crippen molar-refractivity contribution < 1.29 is 9.53 Å². The van der Waals surface area contributed by atoms with Crippen molar-refractivity contribution in [3.05, 3.63) is 83.2 Å². The summed E-state index contributed by atoms with van der Waals surface area (Å²) in [5.74, 6) is 0.837. The highest BCUT2D eigenvalue weighted by atomic mass is 16.6. The monoisotopic (exact) mass is 606 g/mol. The van der Waals surface area contributed by atoms with Gasteiger partial charge in [0.15, 0.2) is 0 Å². The molecule has 0 radical (unpaired) electrons. The van der Waals surface area contributed by atoms with Crippen molar-refractivity contribution in [1.82, 2.24) is 14.9 Å². The smallest absolute Gasteiger partial charge is 0.410 e. The predicted octanol–water partition coefficient (Wildman–Crippen LogP) is 8.81. The molecule has 2 fully saturated rings. The van der Waals surface area contributed by atoms with Crippen LogP contribution in [0.15, 0.2) is 60.7 Å². The number of carbonyl (C=O) groups excluding carboxylic acids is 1. The van der Waals surface area contributed by atoms with Crippen LogP contribution in [0.4, 0.5) is 21.9 Å². The summed E-state index contributed by atoms with van der Waals surface area (Å²) in [7, 11) is 0. The Morgan fingerprint density at radius 2 is 1.51 bits per heavy atom. The third-order valence-electron chi connectivity index (χ3n) is 9.51. The second-order valence-corrected chi connectivity index (χ2v) is 14.9. The van der Waals surface area contributed by atoms with E-state index in [2.05, 4.69) is 102 Å². The molecule has 3 aliphatic rings. The molecule has 1 amide bonds. The lowest BCUT2D eigenvalue weighted by Gasteiger charge is -2.34. The van der Waals surface area contributed by atoms with Crippen LogP contribution >= 0.6 is 0 Å². The molecule has 3 aromatic carbocycles. The van der Waals surface area contributed by atoms with Gasteiger partial charge in [-0.05, 0) is 105 Å². The van der Waals surface area contributed by atoms with Crippen molar-refractivity contribution in [3.8, 4) is 0 Å². The van der Waals surface area contributed by atoms with Gasteiger partial charge in [-0.15, -0.1) is 0 Å². The Hall–Kier alpha value is -4.20. The van der Waals surface area contributed by atoms with E-state index in [4.69, 9.17) is 9.72 Å². The first-order chi connectivity index (χ1) is 21.4. The van der Waals surface area contributed by atoms with E-state index >= 15 is 0 Å². The SMILES string of the molecule is CC(C)(C)OC(=O)N1CCC[C@H]1c1nc2ccc(C3CCC(c4ccc5c(c4)NCN5)N3c3ccc(C(C)(C)C)cc3)cc2[nH]1. The zero-order chi connectivity index (χ0) is 31.5. The van der Waals surface area contributed by atoms with Crippen LogP contribution in [-0.2, 0) is 10.2 Å². The highest BCUT2D eigenvalue weighted by Crippen LogP contribution is 2.48. The number of nitrogens with one attached hydrogen (secondary N) is 3. The van der Waals surface area contributed by atoms with E-state index in [1.165, 1.54) is 33.8 Å². The Bertz CT molecular complexity index is 1710. The van der Waals surface area contributed by atoms with Crippen molar-refractivity contribution in [1.29, 1.82) is 0 Å². The predicted molar refractivity (Wildman–Crippen MR) is 182 cm³/mol. The van der Waals surface area contributed by atoms with Gasteiger partial charge in [0, 0.05) is 12.2 Å². The van der Waals surface area contributed by atoms with Gasteiger partial charge in [-0.1, -0.05) is 45.0 Å². The molecule has 4 aromatic rings. The largest absolute Gasteiger partial charge is 0.444 e. The molecule has 45 heavy (non-hydrogen) atoms. The number of rotatable bonds is 4. The number of aromatic nitrogens is 2. The number of likely N-dealkylation sites (tertiary alicyclic amines) is 1. The molecule has 0 aliphatic carbocycles. The Balaban J connectivity index is 1.22. The van der Waals surface area contributed by atoms with Gasteiger partial charge in [0.05, 0.1) is 47.2 Å². The fourth-order valence-electron chi connectivity index (χ4n) is 7.27. The van der Waals surface area contributed by atoms with Crippen LogP contribution in [0.5, 0.6) is 0 Å². The van der Waals surface area contributed by atoms with Crippen LogP contribution in [0.2, 0.25) is 0 Å². The molecule has 0 spiro atoms. The van der Waals surface area contributed by atoms with Gasteiger partial charge in [0.2, 0.25) is 0 Å². The summed E-state index contributed by atoms with van der Waals surface area (Å²) >= 11 is 0. The molecule has 236 valence electrons. The lowest BCUT2D eigenvalue weighted by molar-refractivity contribution is 0.0219. The number of hydrogen-bond donors (Lipinski definition) is 3.